The fraction of sp³-hybridized carbons (Fsp3) is 0.423. The smallest absolute Gasteiger partial charge is 0.219 e. The summed E-state index contributed by atoms with van der Waals surface area (Å²) in [7, 11) is 1.66. The van der Waals surface area contributed by atoms with Gasteiger partial charge in [-0.05, 0) is 68.9 Å². The third-order valence-electron chi connectivity index (χ3n) is 6.66. The van der Waals surface area contributed by atoms with E-state index < -0.39 is 0 Å². The molecule has 1 fully saturated rings. The maximum atomic E-state index is 14.8. The number of amides is 1. The lowest BCUT2D eigenvalue weighted by Crippen LogP contribution is -2.36. The third-order valence-corrected chi connectivity index (χ3v) is 6.66. The van der Waals surface area contributed by atoms with Crippen LogP contribution in [0.1, 0.15) is 61.2 Å². The summed E-state index contributed by atoms with van der Waals surface area (Å²) < 4.78 is 20.6. The Kier molecular flexibility index (Phi) is 6.59. The zero-order valence-electron chi connectivity index (χ0n) is 20.4. The van der Waals surface area contributed by atoms with E-state index in [1.54, 1.807) is 33.1 Å². The van der Waals surface area contributed by atoms with Crippen LogP contribution in [-0.4, -0.2) is 41.0 Å². The van der Waals surface area contributed by atoms with Gasteiger partial charge >= 0.3 is 0 Å². The second-order valence-corrected chi connectivity index (χ2v) is 9.12. The summed E-state index contributed by atoms with van der Waals surface area (Å²) in [4.78, 5) is 22.9. The highest BCUT2D eigenvalue weighted by molar-refractivity contribution is 5.91. The molecule has 1 aliphatic heterocycles. The summed E-state index contributed by atoms with van der Waals surface area (Å²) in [5.74, 6) is 2.12. The Morgan fingerprint density at radius 3 is 2.56 bits per heavy atom. The van der Waals surface area contributed by atoms with E-state index in [-0.39, 0.29) is 23.7 Å². The van der Waals surface area contributed by atoms with Gasteiger partial charge in [0.05, 0.1) is 18.7 Å². The highest BCUT2D eigenvalue weighted by atomic mass is 19.1. The predicted molar refractivity (Wildman–Crippen MR) is 133 cm³/mol. The number of aromatic nitrogens is 2. The predicted octanol–water partition coefficient (Wildman–Crippen LogP) is 4.88. The monoisotopic (exact) mass is 465 g/mol. The second kappa shape index (κ2) is 9.44. The number of carbonyl (C=O) groups is 1. The van der Waals surface area contributed by atoms with Gasteiger partial charge in [0.25, 0.3) is 0 Å². The van der Waals surface area contributed by atoms with Crippen molar-refractivity contribution < 1.29 is 13.9 Å². The Balaban J connectivity index is 1.73. The van der Waals surface area contributed by atoms with Gasteiger partial charge in [-0.15, -0.1) is 0 Å². The van der Waals surface area contributed by atoms with Crippen molar-refractivity contribution in [3.8, 4) is 5.75 Å². The lowest BCUT2D eigenvalue weighted by atomic mass is 9.88. The third kappa shape index (κ3) is 4.62. The van der Waals surface area contributed by atoms with Gasteiger partial charge in [0.2, 0.25) is 5.91 Å². The van der Waals surface area contributed by atoms with E-state index in [1.165, 1.54) is 0 Å². The van der Waals surface area contributed by atoms with E-state index in [1.807, 2.05) is 24.8 Å². The van der Waals surface area contributed by atoms with E-state index in [0.717, 1.165) is 48.1 Å². The molecule has 1 amide bonds. The molecule has 0 unspecified atom stereocenters. The summed E-state index contributed by atoms with van der Waals surface area (Å²) in [6.07, 6.45) is 1.72. The highest BCUT2D eigenvalue weighted by Gasteiger charge is 2.26. The zero-order valence-corrected chi connectivity index (χ0v) is 20.4. The number of nitrogens with one attached hydrogen (secondary N) is 1. The van der Waals surface area contributed by atoms with Crippen molar-refractivity contribution in [2.24, 2.45) is 0 Å². The number of hydrogen-bond donors (Lipinski definition) is 2. The van der Waals surface area contributed by atoms with Crippen molar-refractivity contribution in [1.82, 2.24) is 14.9 Å². The minimum Gasteiger partial charge on any atom is -0.496 e. The molecule has 4 rings (SSSR count). The summed E-state index contributed by atoms with van der Waals surface area (Å²) in [6, 6.07) is 6.96. The lowest BCUT2D eigenvalue weighted by molar-refractivity contribution is -0.129. The molecule has 0 aliphatic carbocycles. The van der Waals surface area contributed by atoms with Crippen LogP contribution in [0.3, 0.4) is 0 Å². The number of methoxy groups -OCH3 is 1. The van der Waals surface area contributed by atoms with Crippen LogP contribution in [0.5, 0.6) is 5.75 Å². The van der Waals surface area contributed by atoms with E-state index in [0.29, 0.717) is 28.5 Å². The van der Waals surface area contributed by atoms with Crippen molar-refractivity contribution >= 4 is 28.3 Å². The van der Waals surface area contributed by atoms with Crippen LogP contribution < -0.4 is 15.8 Å². The van der Waals surface area contributed by atoms with Crippen LogP contribution in [0.15, 0.2) is 24.3 Å². The van der Waals surface area contributed by atoms with Crippen LogP contribution in [0, 0.1) is 19.7 Å². The summed E-state index contributed by atoms with van der Waals surface area (Å²) in [6.45, 7) is 8.49. The van der Waals surface area contributed by atoms with Crippen molar-refractivity contribution in [3.05, 3.63) is 52.6 Å². The Bertz CT molecular complexity index is 1240. The number of benzene rings is 2. The molecule has 2 heterocycles. The van der Waals surface area contributed by atoms with Crippen molar-refractivity contribution in [1.29, 1.82) is 0 Å². The van der Waals surface area contributed by atoms with Gasteiger partial charge in [-0.1, -0.05) is 0 Å². The number of rotatable bonds is 5. The first-order valence-corrected chi connectivity index (χ1v) is 11.6. The molecule has 1 aromatic heterocycles. The standard InChI is InChI=1S/C26H32FN5O2/c1-14-10-19(28)11-20(25(14)27)15(2)29-26-22-12-21(18-6-8-32(9-7-18)17(4)33)24(34-5)13-23(22)30-16(3)31-26/h10-13,15,18H,6-9,28H2,1-5H3,(H,29,30,31)/t15-/m0/s1. The second-order valence-electron chi connectivity index (χ2n) is 9.12. The molecule has 3 N–H and O–H groups in total. The topological polar surface area (TPSA) is 93.4 Å². The summed E-state index contributed by atoms with van der Waals surface area (Å²) in [5, 5.41) is 4.24. The molecule has 7 nitrogen and oxygen atoms in total. The van der Waals surface area contributed by atoms with Crippen LogP contribution in [0.4, 0.5) is 15.9 Å². The normalized spacial score (nSPS) is 15.4. The van der Waals surface area contributed by atoms with Crippen LogP contribution in [0.2, 0.25) is 0 Å². The maximum Gasteiger partial charge on any atom is 0.219 e. The number of nitrogens with two attached hydrogens (primary N) is 1. The fourth-order valence-corrected chi connectivity index (χ4v) is 4.82. The molecule has 0 spiro atoms. The molecule has 34 heavy (non-hydrogen) atoms. The van der Waals surface area contributed by atoms with Gasteiger partial charge in [-0.3, -0.25) is 4.79 Å². The average molecular weight is 466 g/mol. The molecule has 0 bridgehead atoms. The Morgan fingerprint density at radius 1 is 1.21 bits per heavy atom. The van der Waals surface area contributed by atoms with Crippen molar-refractivity contribution in [2.75, 3.05) is 31.2 Å². The first-order valence-electron chi connectivity index (χ1n) is 11.6. The number of nitrogens with zero attached hydrogens (tertiary/aromatic N) is 3. The Hall–Kier alpha value is -3.42. The first-order chi connectivity index (χ1) is 16.2. The average Bonchev–Trinajstić information content (AvgIpc) is 2.80. The number of hydrogen-bond acceptors (Lipinski definition) is 6. The fourth-order valence-electron chi connectivity index (χ4n) is 4.82. The van der Waals surface area contributed by atoms with E-state index in [9.17, 15) is 9.18 Å². The van der Waals surface area contributed by atoms with Crippen LogP contribution in [-0.2, 0) is 4.79 Å². The number of halogens is 1. The van der Waals surface area contributed by atoms with Gasteiger partial charge in [-0.25, -0.2) is 14.4 Å². The molecule has 1 aliphatic rings. The molecular weight excluding hydrogens is 433 g/mol. The molecule has 0 radical (unpaired) electrons. The summed E-state index contributed by atoms with van der Waals surface area (Å²) in [5.41, 5.74) is 9.34. The van der Waals surface area contributed by atoms with E-state index in [4.69, 9.17) is 10.5 Å². The zero-order chi connectivity index (χ0) is 24.6. The van der Waals surface area contributed by atoms with Crippen LogP contribution >= 0.6 is 0 Å². The van der Waals surface area contributed by atoms with Gasteiger partial charge in [0, 0.05) is 42.7 Å². The number of ether oxygens (including phenoxy) is 1. The molecular formula is C26H32FN5O2. The molecule has 0 saturated carbocycles. The molecule has 1 atom stereocenters. The molecule has 3 aromatic rings. The van der Waals surface area contributed by atoms with Gasteiger partial charge in [-0.2, -0.15) is 0 Å². The lowest BCUT2D eigenvalue weighted by Gasteiger charge is -2.32. The van der Waals surface area contributed by atoms with E-state index >= 15 is 0 Å². The van der Waals surface area contributed by atoms with Crippen LogP contribution in [0.25, 0.3) is 10.9 Å². The quantitative estimate of drug-likeness (QED) is 0.522. The number of nitrogen functional groups attached to an aromatic ring is 1. The first kappa shape index (κ1) is 23.7. The number of likely N-dealkylation sites (tertiary alicyclic amines) is 1. The molecule has 8 heteroatoms. The van der Waals surface area contributed by atoms with E-state index in [2.05, 4.69) is 21.4 Å². The summed E-state index contributed by atoms with van der Waals surface area (Å²) >= 11 is 0. The molecule has 1 saturated heterocycles. The largest absolute Gasteiger partial charge is 0.496 e. The number of carbonyl (C=O) groups excluding carboxylic acids is 1. The van der Waals surface area contributed by atoms with Gasteiger partial charge in [0.1, 0.15) is 23.2 Å². The van der Waals surface area contributed by atoms with Crippen molar-refractivity contribution in [3.63, 3.8) is 0 Å². The SMILES string of the molecule is COc1cc2nc(C)nc(N[C@@H](C)c3cc(N)cc(C)c3F)c2cc1C1CCN(C(C)=O)CC1. The number of aryl methyl sites for hydroxylation is 2. The number of anilines is 2. The number of fused-ring (bicyclic) bond motifs is 1. The van der Waals surface area contributed by atoms with Crippen molar-refractivity contribution in [2.45, 2.75) is 52.5 Å². The van der Waals surface area contributed by atoms with Gasteiger partial charge < -0.3 is 20.7 Å². The minimum absolute atomic E-state index is 0.109. The molecule has 2 aromatic carbocycles. The number of piperidine rings is 1. The highest BCUT2D eigenvalue weighted by Crippen LogP contribution is 2.39. The minimum atomic E-state index is -0.357. The maximum absolute atomic E-state index is 14.8. The Morgan fingerprint density at radius 2 is 1.91 bits per heavy atom. The molecule has 180 valence electrons. The Labute approximate surface area is 199 Å². The van der Waals surface area contributed by atoms with Gasteiger partial charge in [0.15, 0.2) is 0 Å².